The molecule has 5 nitrogen and oxygen atoms in total. The number of thiazole rings is 1. The largest absolute Gasteiger partial charge is 0.383 e. The Bertz CT molecular complexity index is 391. The zero-order valence-electron chi connectivity index (χ0n) is 11.9. The van der Waals surface area contributed by atoms with E-state index in [2.05, 4.69) is 29.2 Å². The van der Waals surface area contributed by atoms with Gasteiger partial charge >= 0.3 is 0 Å². The van der Waals surface area contributed by atoms with Gasteiger partial charge in [-0.2, -0.15) is 0 Å². The van der Waals surface area contributed by atoms with Gasteiger partial charge in [0.15, 0.2) is 5.13 Å². The van der Waals surface area contributed by atoms with Crippen LogP contribution in [0.3, 0.4) is 0 Å². The van der Waals surface area contributed by atoms with E-state index in [4.69, 9.17) is 9.47 Å². The van der Waals surface area contributed by atoms with Crippen LogP contribution in [0.15, 0.2) is 0 Å². The molecule has 1 fully saturated rings. The number of rotatable bonds is 7. The summed E-state index contributed by atoms with van der Waals surface area (Å²) < 4.78 is 10.5. The van der Waals surface area contributed by atoms with E-state index in [0.29, 0.717) is 6.04 Å². The Morgan fingerprint density at radius 2 is 2.42 bits per heavy atom. The Hall–Kier alpha value is -0.690. The number of aromatic nitrogens is 1. The smallest absolute Gasteiger partial charge is 0.185 e. The second kappa shape index (κ2) is 7.19. The second-order valence-corrected chi connectivity index (χ2v) is 5.86. The van der Waals surface area contributed by atoms with Crippen molar-refractivity contribution in [1.29, 1.82) is 0 Å². The highest BCUT2D eigenvalue weighted by molar-refractivity contribution is 7.15. The molecule has 0 radical (unpaired) electrons. The number of anilines is 1. The van der Waals surface area contributed by atoms with E-state index in [0.717, 1.165) is 50.2 Å². The topological polar surface area (TPSA) is 46.6 Å². The number of hydrogen-bond acceptors (Lipinski definition) is 6. The fourth-order valence-corrected chi connectivity index (χ4v) is 3.15. The molecule has 1 aromatic heterocycles. The number of ether oxygens (including phenoxy) is 2. The van der Waals surface area contributed by atoms with Crippen molar-refractivity contribution in [3.8, 4) is 0 Å². The van der Waals surface area contributed by atoms with Crippen molar-refractivity contribution in [1.82, 2.24) is 10.3 Å². The van der Waals surface area contributed by atoms with E-state index in [1.165, 1.54) is 4.88 Å². The highest BCUT2D eigenvalue weighted by Crippen LogP contribution is 2.28. The lowest BCUT2D eigenvalue weighted by atomic mass is 10.2. The molecular formula is C13H23N3O2S. The third kappa shape index (κ3) is 3.89. The highest BCUT2D eigenvalue weighted by Gasteiger charge is 2.23. The van der Waals surface area contributed by atoms with Crippen LogP contribution in [0.1, 0.15) is 17.0 Å². The van der Waals surface area contributed by atoms with Crippen molar-refractivity contribution in [3.63, 3.8) is 0 Å². The van der Waals surface area contributed by atoms with Crippen molar-refractivity contribution in [2.24, 2.45) is 0 Å². The summed E-state index contributed by atoms with van der Waals surface area (Å²) in [7, 11) is 3.83. The van der Waals surface area contributed by atoms with Gasteiger partial charge in [-0.15, -0.1) is 11.3 Å². The summed E-state index contributed by atoms with van der Waals surface area (Å²) in [5.41, 5.74) is 1.12. The predicted molar refractivity (Wildman–Crippen MR) is 78.1 cm³/mol. The van der Waals surface area contributed by atoms with Crippen molar-refractivity contribution in [2.45, 2.75) is 25.9 Å². The lowest BCUT2D eigenvalue weighted by molar-refractivity contribution is 0.193. The summed E-state index contributed by atoms with van der Waals surface area (Å²) in [6.45, 7) is 6.23. The van der Waals surface area contributed by atoms with E-state index in [1.54, 1.807) is 18.4 Å². The van der Waals surface area contributed by atoms with Crippen LogP contribution in [-0.2, 0) is 16.0 Å². The van der Waals surface area contributed by atoms with Gasteiger partial charge in [-0.1, -0.05) is 0 Å². The maximum atomic E-state index is 5.44. The van der Waals surface area contributed by atoms with Gasteiger partial charge in [0.25, 0.3) is 0 Å². The number of hydrogen-bond donors (Lipinski definition) is 1. The molecule has 1 aliphatic rings. The minimum absolute atomic E-state index is 0.472. The molecule has 108 valence electrons. The summed E-state index contributed by atoms with van der Waals surface area (Å²) >= 11 is 1.77. The Morgan fingerprint density at radius 3 is 3.11 bits per heavy atom. The maximum Gasteiger partial charge on any atom is 0.185 e. The van der Waals surface area contributed by atoms with Crippen molar-refractivity contribution in [2.75, 3.05) is 45.4 Å². The molecule has 0 bridgehead atoms. The Labute approximate surface area is 118 Å². The number of methoxy groups -OCH3 is 1. The van der Waals surface area contributed by atoms with Gasteiger partial charge in [0.1, 0.15) is 0 Å². The maximum absolute atomic E-state index is 5.44. The van der Waals surface area contributed by atoms with E-state index in [-0.39, 0.29) is 0 Å². The SMILES string of the molecule is COCCNCc1sc(N(C)C2CCOC2)nc1C. The fourth-order valence-electron chi connectivity index (χ4n) is 2.09. The molecule has 0 aliphatic carbocycles. The zero-order valence-corrected chi connectivity index (χ0v) is 12.8. The van der Waals surface area contributed by atoms with Gasteiger partial charge in [0.2, 0.25) is 0 Å². The van der Waals surface area contributed by atoms with Crippen LogP contribution in [0.4, 0.5) is 5.13 Å². The number of nitrogens with one attached hydrogen (secondary N) is 1. The van der Waals surface area contributed by atoms with E-state index < -0.39 is 0 Å². The average molecular weight is 285 g/mol. The second-order valence-electron chi connectivity index (χ2n) is 4.80. The predicted octanol–water partition coefficient (Wildman–Crippen LogP) is 1.41. The zero-order chi connectivity index (χ0) is 13.7. The molecule has 1 saturated heterocycles. The molecule has 1 aromatic rings. The summed E-state index contributed by atoms with van der Waals surface area (Å²) in [5.74, 6) is 0. The normalized spacial score (nSPS) is 19.0. The summed E-state index contributed by atoms with van der Waals surface area (Å²) in [5, 5.41) is 4.46. The third-order valence-corrected chi connectivity index (χ3v) is 4.65. The molecule has 0 saturated carbocycles. The first kappa shape index (κ1) is 14.7. The van der Waals surface area contributed by atoms with Gasteiger partial charge < -0.3 is 19.7 Å². The summed E-state index contributed by atoms with van der Waals surface area (Å²) in [6, 6.07) is 0.472. The van der Waals surface area contributed by atoms with E-state index >= 15 is 0 Å². The Morgan fingerprint density at radius 1 is 1.58 bits per heavy atom. The van der Waals surface area contributed by atoms with Crippen molar-refractivity contribution >= 4 is 16.5 Å². The molecule has 0 spiro atoms. The molecular weight excluding hydrogens is 262 g/mol. The molecule has 2 heterocycles. The first-order chi connectivity index (χ1) is 9.22. The van der Waals surface area contributed by atoms with Crippen LogP contribution >= 0.6 is 11.3 Å². The highest BCUT2D eigenvalue weighted by atomic mass is 32.1. The van der Waals surface area contributed by atoms with Crippen LogP contribution in [0.25, 0.3) is 0 Å². The monoisotopic (exact) mass is 285 g/mol. The molecule has 2 rings (SSSR count). The summed E-state index contributed by atoms with van der Waals surface area (Å²) in [6.07, 6.45) is 1.09. The standard InChI is InChI=1S/C13H23N3O2S/c1-10-12(8-14-5-7-17-3)19-13(15-10)16(2)11-4-6-18-9-11/h11,14H,4-9H2,1-3H3. The number of aryl methyl sites for hydroxylation is 1. The van der Waals surface area contributed by atoms with E-state index in [9.17, 15) is 0 Å². The molecule has 6 heteroatoms. The van der Waals surface area contributed by atoms with Crippen LogP contribution in [0.2, 0.25) is 0 Å². The number of likely N-dealkylation sites (N-methyl/N-ethyl adjacent to an activating group) is 1. The molecule has 1 N–H and O–H groups in total. The lowest BCUT2D eigenvalue weighted by Gasteiger charge is -2.21. The minimum Gasteiger partial charge on any atom is -0.383 e. The first-order valence-corrected chi connectivity index (χ1v) is 7.50. The Kier molecular flexibility index (Phi) is 5.57. The Balaban J connectivity index is 1.91. The van der Waals surface area contributed by atoms with Crippen LogP contribution in [-0.4, -0.2) is 51.5 Å². The van der Waals surface area contributed by atoms with Crippen LogP contribution in [0.5, 0.6) is 0 Å². The molecule has 1 atom stereocenters. The van der Waals surface area contributed by atoms with Gasteiger partial charge in [-0.3, -0.25) is 0 Å². The molecule has 1 aliphatic heterocycles. The quantitative estimate of drug-likeness (QED) is 0.768. The van der Waals surface area contributed by atoms with Gasteiger partial charge in [-0.25, -0.2) is 4.98 Å². The summed E-state index contributed by atoms with van der Waals surface area (Å²) in [4.78, 5) is 8.23. The number of nitrogens with zero attached hydrogens (tertiary/aromatic N) is 2. The van der Waals surface area contributed by atoms with Crippen molar-refractivity contribution < 1.29 is 9.47 Å². The third-order valence-electron chi connectivity index (χ3n) is 3.40. The van der Waals surface area contributed by atoms with Crippen LogP contribution in [0, 0.1) is 6.92 Å². The average Bonchev–Trinajstić information content (AvgIpc) is 3.04. The molecule has 0 aromatic carbocycles. The van der Waals surface area contributed by atoms with Gasteiger partial charge in [-0.05, 0) is 13.3 Å². The van der Waals surface area contributed by atoms with Gasteiger partial charge in [0.05, 0.1) is 24.9 Å². The fraction of sp³-hybridized carbons (Fsp3) is 0.769. The first-order valence-electron chi connectivity index (χ1n) is 6.69. The molecule has 1 unspecified atom stereocenters. The lowest BCUT2D eigenvalue weighted by Crippen LogP contribution is -2.31. The van der Waals surface area contributed by atoms with Gasteiger partial charge in [0, 0.05) is 38.7 Å². The minimum atomic E-state index is 0.472. The van der Waals surface area contributed by atoms with E-state index in [1.807, 2.05) is 0 Å². The van der Waals surface area contributed by atoms with Crippen molar-refractivity contribution in [3.05, 3.63) is 10.6 Å². The molecule has 0 amide bonds. The van der Waals surface area contributed by atoms with Crippen LogP contribution < -0.4 is 10.2 Å². The molecule has 19 heavy (non-hydrogen) atoms.